The molecule has 1 aliphatic heterocycles. The quantitative estimate of drug-likeness (QED) is 0.184. The van der Waals surface area contributed by atoms with Crippen LogP contribution in [0.5, 0.6) is 0 Å². The molecule has 4 aromatic rings. The lowest BCUT2D eigenvalue weighted by Crippen LogP contribution is -2.29. The first-order valence-electron chi connectivity index (χ1n) is 10.3. The van der Waals surface area contributed by atoms with E-state index in [4.69, 9.17) is 4.74 Å². The SMILES string of the molecule is O=C(OCc1ccc([N+](=O)[O-])cc1)c1ccc2c(c1)C(=O)N(c1cccc3ccccc13)C2=O. The van der Waals surface area contributed by atoms with Gasteiger partial charge in [0.15, 0.2) is 0 Å². The van der Waals surface area contributed by atoms with Crippen molar-refractivity contribution in [3.63, 3.8) is 0 Å². The van der Waals surface area contributed by atoms with E-state index in [1.165, 1.54) is 42.5 Å². The van der Waals surface area contributed by atoms with E-state index in [-0.39, 0.29) is 29.0 Å². The average Bonchev–Trinajstić information content (AvgIpc) is 3.11. The summed E-state index contributed by atoms with van der Waals surface area (Å²) in [4.78, 5) is 50.2. The summed E-state index contributed by atoms with van der Waals surface area (Å²) >= 11 is 0. The average molecular weight is 452 g/mol. The summed E-state index contributed by atoms with van der Waals surface area (Å²) in [5.74, 6) is -1.64. The molecule has 0 saturated heterocycles. The minimum atomic E-state index is -0.676. The first kappa shape index (κ1) is 21.0. The van der Waals surface area contributed by atoms with Crippen LogP contribution in [0.2, 0.25) is 0 Å². The van der Waals surface area contributed by atoms with E-state index in [0.29, 0.717) is 11.3 Å². The van der Waals surface area contributed by atoms with Gasteiger partial charge < -0.3 is 4.74 Å². The van der Waals surface area contributed by atoms with Gasteiger partial charge in [-0.2, -0.15) is 0 Å². The highest BCUT2D eigenvalue weighted by molar-refractivity contribution is 6.36. The van der Waals surface area contributed by atoms with Gasteiger partial charge in [0.2, 0.25) is 0 Å². The van der Waals surface area contributed by atoms with Crippen LogP contribution in [0.4, 0.5) is 11.4 Å². The van der Waals surface area contributed by atoms with Crippen molar-refractivity contribution >= 4 is 39.9 Å². The summed E-state index contributed by atoms with van der Waals surface area (Å²) < 4.78 is 5.29. The van der Waals surface area contributed by atoms with Crippen molar-refractivity contribution in [3.8, 4) is 0 Å². The second-order valence-electron chi connectivity index (χ2n) is 7.70. The largest absolute Gasteiger partial charge is 0.457 e. The van der Waals surface area contributed by atoms with Crippen molar-refractivity contribution in [3.05, 3.63) is 117 Å². The molecule has 0 atom stereocenters. The number of amides is 2. The van der Waals surface area contributed by atoms with Crippen molar-refractivity contribution in [2.75, 3.05) is 4.90 Å². The molecule has 0 radical (unpaired) electrons. The smallest absolute Gasteiger partial charge is 0.338 e. The molecular weight excluding hydrogens is 436 g/mol. The fourth-order valence-corrected chi connectivity index (χ4v) is 3.94. The van der Waals surface area contributed by atoms with Gasteiger partial charge in [-0.3, -0.25) is 19.7 Å². The predicted molar refractivity (Wildman–Crippen MR) is 124 cm³/mol. The Morgan fingerprint density at radius 1 is 0.853 bits per heavy atom. The number of non-ortho nitro benzene ring substituents is 1. The van der Waals surface area contributed by atoms with Gasteiger partial charge in [0.05, 0.1) is 27.3 Å². The van der Waals surface area contributed by atoms with E-state index in [0.717, 1.165) is 15.7 Å². The number of nitrogens with zero attached hydrogens (tertiary/aromatic N) is 2. The molecule has 0 fully saturated rings. The highest BCUT2D eigenvalue weighted by atomic mass is 16.6. The number of fused-ring (bicyclic) bond motifs is 2. The van der Waals surface area contributed by atoms with E-state index in [9.17, 15) is 24.5 Å². The fourth-order valence-electron chi connectivity index (χ4n) is 3.94. The van der Waals surface area contributed by atoms with E-state index < -0.39 is 22.7 Å². The summed E-state index contributed by atoms with van der Waals surface area (Å²) in [5, 5.41) is 12.4. The molecule has 1 heterocycles. The van der Waals surface area contributed by atoms with Crippen LogP contribution in [0.15, 0.2) is 84.9 Å². The van der Waals surface area contributed by atoms with Crippen molar-refractivity contribution in [1.82, 2.24) is 0 Å². The lowest BCUT2D eigenvalue weighted by molar-refractivity contribution is -0.384. The highest BCUT2D eigenvalue weighted by Gasteiger charge is 2.38. The molecule has 8 heteroatoms. The lowest BCUT2D eigenvalue weighted by Gasteiger charge is -2.16. The molecule has 0 N–H and O–H groups in total. The molecule has 0 saturated carbocycles. The van der Waals surface area contributed by atoms with Crippen LogP contribution in [-0.4, -0.2) is 22.7 Å². The summed E-state index contributed by atoms with van der Waals surface area (Å²) in [7, 11) is 0. The van der Waals surface area contributed by atoms with Gasteiger partial charge in [0, 0.05) is 17.5 Å². The number of benzene rings is 4. The molecule has 0 aromatic heterocycles. The van der Waals surface area contributed by atoms with Crippen LogP contribution in [0, 0.1) is 10.1 Å². The molecule has 0 spiro atoms. The Hall–Kier alpha value is -4.85. The molecule has 166 valence electrons. The Balaban J connectivity index is 1.38. The first-order valence-corrected chi connectivity index (χ1v) is 10.3. The van der Waals surface area contributed by atoms with Gasteiger partial charge in [-0.1, -0.05) is 36.4 Å². The van der Waals surface area contributed by atoms with Gasteiger partial charge in [-0.05, 0) is 47.3 Å². The van der Waals surface area contributed by atoms with Crippen LogP contribution in [-0.2, 0) is 11.3 Å². The number of nitro groups is 1. The minimum absolute atomic E-state index is 0.0624. The summed E-state index contributed by atoms with van der Waals surface area (Å²) in [6.07, 6.45) is 0. The van der Waals surface area contributed by atoms with Crippen LogP contribution in [0.3, 0.4) is 0 Å². The topological polar surface area (TPSA) is 107 Å². The second kappa shape index (κ2) is 8.25. The summed E-state index contributed by atoms with van der Waals surface area (Å²) in [6.45, 7) is -0.0943. The van der Waals surface area contributed by atoms with E-state index in [2.05, 4.69) is 0 Å². The molecule has 2 amide bonds. The van der Waals surface area contributed by atoms with Crippen LogP contribution in [0.25, 0.3) is 10.8 Å². The van der Waals surface area contributed by atoms with E-state index >= 15 is 0 Å². The van der Waals surface area contributed by atoms with Crippen molar-refractivity contribution in [2.45, 2.75) is 6.61 Å². The Kier molecular flexibility index (Phi) is 5.10. The third-order valence-electron chi connectivity index (χ3n) is 5.65. The number of esters is 1. The van der Waals surface area contributed by atoms with Crippen molar-refractivity contribution < 1.29 is 24.0 Å². The Labute approximate surface area is 193 Å². The third kappa shape index (κ3) is 3.57. The maximum Gasteiger partial charge on any atom is 0.338 e. The molecule has 0 bridgehead atoms. The van der Waals surface area contributed by atoms with Crippen molar-refractivity contribution in [2.24, 2.45) is 0 Å². The maximum absolute atomic E-state index is 13.2. The number of nitro benzene ring substituents is 1. The third-order valence-corrected chi connectivity index (χ3v) is 5.65. The predicted octanol–water partition coefficient (Wildman–Crippen LogP) is 4.91. The number of ether oxygens (including phenoxy) is 1. The van der Waals surface area contributed by atoms with Gasteiger partial charge in [-0.25, -0.2) is 9.69 Å². The number of rotatable bonds is 5. The Morgan fingerprint density at radius 3 is 2.32 bits per heavy atom. The zero-order chi connectivity index (χ0) is 23.8. The second-order valence-corrected chi connectivity index (χ2v) is 7.70. The minimum Gasteiger partial charge on any atom is -0.457 e. The van der Waals surface area contributed by atoms with Gasteiger partial charge in [-0.15, -0.1) is 0 Å². The van der Waals surface area contributed by atoms with Crippen LogP contribution in [0.1, 0.15) is 36.6 Å². The van der Waals surface area contributed by atoms with Gasteiger partial charge >= 0.3 is 5.97 Å². The lowest BCUT2D eigenvalue weighted by atomic mass is 10.1. The Bertz CT molecular complexity index is 1490. The molecule has 5 rings (SSSR count). The van der Waals surface area contributed by atoms with Crippen LogP contribution >= 0.6 is 0 Å². The number of carbonyl (C=O) groups excluding carboxylic acids is 3. The maximum atomic E-state index is 13.2. The summed E-state index contributed by atoms with van der Waals surface area (Å²) in [5.41, 5.74) is 1.46. The number of imide groups is 1. The zero-order valence-electron chi connectivity index (χ0n) is 17.6. The fraction of sp³-hybridized carbons (Fsp3) is 0.0385. The Morgan fingerprint density at radius 2 is 1.56 bits per heavy atom. The van der Waals surface area contributed by atoms with Crippen LogP contribution < -0.4 is 4.90 Å². The monoisotopic (exact) mass is 452 g/mol. The molecule has 8 nitrogen and oxygen atoms in total. The van der Waals surface area contributed by atoms with Gasteiger partial charge in [0.25, 0.3) is 17.5 Å². The van der Waals surface area contributed by atoms with E-state index in [1.54, 1.807) is 12.1 Å². The van der Waals surface area contributed by atoms with Gasteiger partial charge in [0.1, 0.15) is 6.61 Å². The molecule has 0 unspecified atom stereocenters. The molecule has 1 aliphatic rings. The molecule has 4 aromatic carbocycles. The number of anilines is 1. The number of carbonyl (C=O) groups is 3. The number of hydrogen-bond acceptors (Lipinski definition) is 6. The highest BCUT2D eigenvalue weighted by Crippen LogP contribution is 2.34. The summed E-state index contributed by atoms with van der Waals surface area (Å²) in [6, 6.07) is 22.7. The van der Waals surface area contributed by atoms with E-state index in [1.807, 2.05) is 30.3 Å². The normalized spacial score (nSPS) is 12.6. The van der Waals surface area contributed by atoms with Crippen molar-refractivity contribution in [1.29, 1.82) is 0 Å². The molecule has 0 aliphatic carbocycles. The molecule has 34 heavy (non-hydrogen) atoms. The molecular formula is C26H16N2O6. The standard InChI is InChI=1S/C26H16N2O6/c29-24-21-13-10-18(26(31)34-15-16-8-11-19(12-9-16)28(32)33)14-22(21)25(30)27(24)23-7-3-5-17-4-1-2-6-20(17)23/h1-14H,15H2. The zero-order valence-corrected chi connectivity index (χ0v) is 17.6. The number of hydrogen-bond donors (Lipinski definition) is 0. The first-order chi connectivity index (χ1) is 16.4.